The van der Waals surface area contributed by atoms with Crippen LogP contribution in [0.3, 0.4) is 0 Å². The average molecular weight is 412 g/mol. The van der Waals surface area contributed by atoms with Crippen molar-refractivity contribution < 1.29 is 0 Å². The van der Waals surface area contributed by atoms with Gasteiger partial charge in [-0.1, -0.05) is 12.1 Å². The third-order valence-corrected chi connectivity index (χ3v) is 5.31. The van der Waals surface area contributed by atoms with Crippen LogP contribution in [0.25, 0.3) is 10.9 Å². The summed E-state index contributed by atoms with van der Waals surface area (Å²) in [7, 11) is 0. The van der Waals surface area contributed by atoms with Gasteiger partial charge in [-0.05, 0) is 63.0 Å². The molecule has 0 saturated carbocycles. The molecule has 1 aromatic carbocycles. The molecule has 20 heavy (non-hydrogen) atoms. The minimum atomic E-state index is 0.252. The van der Waals surface area contributed by atoms with Crippen molar-refractivity contribution in [3.63, 3.8) is 0 Å². The first-order chi connectivity index (χ1) is 9.63. The van der Waals surface area contributed by atoms with E-state index in [0.717, 1.165) is 24.8 Å². The molecule has 2 aromatic heterocycles. The fraction of sp³-hybridized carbons (Fsp3) is 0.133. The number of hydrogen-bond donors (Lipinski definition) is 1. The number of benzene rings is 1. The first-order valence-corrected chi connectivity index (χ1v) is 8.60. The third-order valence-electron chi connectivity index (χ3n) is 3.07. The zero-order valence-electron chi connectivity index (χ0n) is 10.7. The molecule has 102 valence electrons. The van der Waals surface area contributed by atoms with E-state index in [4.69, 9.17) is 0 Å². The highest BCUT2D eigenvalue weighted by Crippen LogP contribution is 2.31. The summed E-state index contributed by atoms with van der Waals surface area (Å²) >= 11 is 8.72. The molecule has 0 spiro atoms. The van der Waals surface area contributed by atoms with E-state index >= 15 is 0 Å². The minimum absolute atomic E-state index is 0.252. The highest BCUT2D eigenvalue weighted by atomic mass is 79.9. The van der Waals surface area contributed by atoms with E-state index in [1.54, 1.807) is 11.3 Å². The summed E-state index contributed by atoms with van der Waals surface area (Å²) in [6.07, 6.45) is 1.83. The van der Waals surface area contributed by atoms with Crippen molar-refractivity contribution in [3.05, 3.63) is 55.7 Å². The lowest BCUT2D eigenvalue weighted by atomic mass is 10.1. The van der Waals surface area contributed by atoms with E-state index in [9.17, 15) is 0 Å². The highest BCUT2D eigenvalue weighted by Gasteiger charge is 2.10. The molecule has 3 rings (SSSR count). The largest absolute Gasteiger partial charge is 0.376 e. The van der Waals surface area contributed by atoms with Crippen molar-refractivity contribution in [1.29, 1.82) is 0 Å². The van der Waals surface area contributed by atoms with E-state index < -0.39 is 0 Å². The molecule has 0 aliphatic carbocycles. The SMILES string of the molecule is CC(Nc1cccc2cc(Br)cnc12)c1ccc(Br)s1. The number of nitrogens with zero attached hydrogens (tertiary/aromatic N) is 1. The molecule has 0 radical (unpaired) electrons. The van der Waals surface area contributed by atoms with Crippen molar-refractivity contribution in [2.24, 2.45) is 0 Å². The van der Waals surface area contributed by atoms with Crippen LogP contribution >= 0.6 is 43.2 Å². The second kappa shape index (κ2) is 5.84. The molecule has 5 heteroatoms. The Labute approximate surface area is 138 Å². The van der Waals surface area contributed by atoms with Gasteiger partial charge in [0.15, 0.2) is 0 Å². The van der Waals surface area contributed by atoms with Gasteiger partial charge < -0.3 is 5.32 Å². The zero-order chi connectivity index (χ0) is 14.1. The fourth-order valence-corrected chi connectivity index (χ4v) is 3.89. The van der Waals surface area contributed by atoms with Crippen LogP contribution in [0.15, 0.2) is 50.9 Å². The van der Waals surface area contributed by atoms with E-state index in [2.05, 4.69) is 85.5 Å². The van der Waals surface area contributed by atoms with Crippen molar-refractivity contribution in [3.8, 4) is 0 Å². The number of fused-ring (bicyclic) bond motifs is 1. The third kappa shape index (κ3) is 2.90. The molecule has 1 atom stereocenters. The molecule has 0 aliphatic rings. The number of pyridine rings is 1. The van der Waals surface area contributed by atoms with Gasteiger partial charge in [-0.2, -0.15) is 0 Å². The Kier molecular flexibility index (Phi) is 4.10. The summed E-state index contributed by atoms with van der Waals surface area (Å²) in [6, 6.07) is 12.8. The molecule has 1 N–H and O–H groups in total. The van der Waals surface area contributed by atoms with Gasteiger partial charge in [-0.3, -0.25) is 4.98 Å². The second-order valence-corrected chi connectivity index (χ2v) is 7.95. The standard InChI is InChI=1S/C15H12Br2N2S/c1-9(13-5-6-14(17)20-13)19-12-4-2-3-10-7-11(16)8-18-15(10)12/h2-9,19H,1H3. The van der Waals surface area contributed by atoms with Crippen molar-refractivity contribution in [1.82, 2.24) is 4.98 Å². The van der Waals surface area contributed by atoms with Gasteiger partial charge in [-0.15, -0.1) is 11.3 Å². The Morgan fingerprint density at radius 2 is 2.05 bits per heavy atom. The van der Waals surface area contributed by atoms with E-state index in [1.165, 1.54) is 4.88 Å². The van der Waals surface area contributed by atoms with E-state index in [1.807, 2.05) is 6.20 Å². The lowest BCUT2D eigenvalue weighted by Crippen LogP contribution is -2.05. The van der Waals surface area contributed by atoms with Gasteiger partial charge in [0.25, 0.3) is 0 Å². The fourth-order valence-electron chi connectivity index (χ4n) is 2.12. The lowest BCUT2D eigenvalue weighted by Gasteiger charge is -2.15. The van der Waals surface area contributed by atoms with Gasteiger partial charge in [0.2, 0.25) is 0 Å². The van der Waals surface area contributed by atoms with Gasteiger partial charge in [0.1, 0.15) is 0 Å². The molecule has 2 nitrogen and oxygen atoms in total. The highest BCUT2D eigenvalue weighted by molar-refractivity contribution is 9.11. The van der Waals surface area contributed by atoms with Crippen LogP contribution in [0.4, 0.5) is 5.69 Å². The maximum Gasteiger partial charge on any atom is 0.0934 e. The van der Waals surface area contributed by atoms with Gasteiger partial charge >= 0.3 is 0 Å². The number of para-hydroxylation sites is 1. The predicted molar refractivity (Wildman–Crippen MR) is 93.5 cm³/mol. The van der Waals surface area contributed by atoms with Crippen LogP contribution in [-0.2, 0) is 0 Å². The Hall–Kier alpha value is -0.910. The summed E-state index contributed by atoms with van der Waals surface area (Å²) in [5.74, 6) is 0. The summed E-state index contributed by atoms with van der Waals surface area (Å²) in [6.45, 7) is 2.16. The van der Waals surface area contributed by atoms with Crippen LogP contribution in [0.1, 0.15) is 17.8 Å². The number of aromatic nitrogens is 1. The van der Waals surface area contributed by atoms with Crippen molar-refractivity contribution >= 4 is 59.8 Å². The van der Waals surface area contributed by atoms with Gasteiger partial charge in [0, 0.05) is 20.9 Å². The van der Waals surface area contributed by atoms with Crippen LogP contribution in [0.2, 0.25) is 0 Å². The van der Waals surface area contributed by atoms with Gasteiger partial charge in [0.05, 0.1) is 21.0 Å². The van der Waals surface area contributed by atoms with Crippen LogP contribution in [0.5, 0.6) is 0 Å². The molecule has 0 fully saturated rings. The number of rotatable bonds is 3. The van der Waals surface area contributed by atoms with Crippen LogP contribution < -0.4 is 5.32 Å². The van der Waals surface area contributed by atoms with Crippen molar-refractivity contribution in [2.75, 3.05) is 5.32 Å². The average Bonchev–Trinajstić information content (AvgIpc) is 2.85. The summed E-state index contributed by atoms with van der Waals surface area (Å²) in [5, 5.41) is 4.67. The Morgan fingerprint density at radius 1 is 1.20 bits per heavy atom. The van der Waals surface area contributed by atoms with E-state index in [0.29, 0.717) is 0 Å². The number of nitrogens with one attached hydrogen (secondary N) is 1. The topological polar surface area (TPSA) is 24.9 Å². The molecule has 0 amide bonds. The Balaban J connectivity index is 1.94. The molecule has 1 unspecified atom stereocenters. The summed E-state index contributed by atoms with van der Waals surface area (Å²) in [5.41, 5.74) is 2.06. The first kappa shape index (κ1) is 14.0. The van der Waals surface area contributed by atoms with Crippen molar-refractivity contribution in [2.45, 2.75) is 13.0 Å². The smallest absolute Gasteiger partial charge is 0.0934 e. The molecule has 2 heterocycles. The number of hydrogen-bond acceptors (Lipinski definition) is 3. The zero-order valence-corrected chi connectivity index (χ0v) is 14.7. The van der Waals surface area contributed by atoms with Crippen LogP contribution in [0, 0.1) is 0 Å². The number of thiophene rings is 1. The predicted octanol–water partition coefficient (Wildman–Crippen LogP) is 5.99. The molecular weight excluding hydrogens is 400 g/mol. The minimum Gasteiger partial charge on any atom is -0.376 e. The molecule has 0 bridgehead atoms. The maximum atomic E-state index is 4.52. The second-order valence-electron chi connectivity index (χ2n) is 4.54. The molecule has 0 saturated heterocycles. The molecule has 3 aromatic rings. The first-order valence-electron chi connectivity index (χ1n) is 6.19. The number of halogens is 2. The molecular formula is C15H12Br2N2S. The van der Waals surface area contributed by atoms with Crippen LogP contribution in [-0.4, -0.2) is 4.98 Å². The van der Waals surface area contributed by atoms with E-state index in [-0.39, 0.29) is 6.04 Å². The van der Waals surface area contributed by atoms with Gasteiger partial charge in [-0.25, -0.2) is 0 Å². The quantitative estimate of drug-likeness (QED) is 0.572. The monoisotopic (exact) mass is 410 g/mol. The Bertz CT molecular complexity index is 754. The normalized spacial score (nSPS) is 12.6. The number of anilines is 1. The maximum absolute atomic E-state index is 4.52. The lowest BCUT2D eigenvalue weighted by molar-refractivity contribution is 0.909. The Morgan fingerprint density at radius 3 is 2.80 bits per heavy atom. The molecule has 0 aliphatic heterocycles. The summed E-state index contributed by atoms with van der Waals surface area (Å²) in [4.78, 5) is 5.81. The summed E-state index contributed by atoms with van der Waals surface area (Å²) < 4.78 is 2.15.